The number of amides is 1. The van der Waals surface area contributed by atoms with Crippen LogP contribution >= 0.6 is 11.3 Å². The molecule has 0 aromatic carbocycles. The van der Waals surface area contributed by atoms with Gasteiger partial charge in [0.2, 0.25) is 0 Å². The smallest absolute Gasteiger partial charge is 0.264 e. The van der Waals surface area contributed by atoms with Gasteiger partial charge in [-0.1, -0.05) is 13.0 Å². The van der Waals surface area contributed by atoms with E-state index in [-0.39, 0.29) is 11.9 Å². The van der Waals surface area contributed by atoms with Gasteiger partial charge in [-0.25, -0.2) is 4.98 Å². The van der Waals surface area contributed by atoms with Crippen LogP contribution in [0.5, 0.6) is 0 Å². The van der Waals surface area contributed by atoms with Gasteiger partial charge in [-0.05, 0) is 18.0 Å². The van der Waals surface area contributed by atoms with Crippen molar-refractivity contribution in [2.45, 2.75) is 13.0 Å². The molecular formula is C14H18N4OS. The molecular weight excluding hydrogens is 272 g/mol. The molecule has 0 aliphatic carbocycles. The third-order valence-electron chi connectivity index (χ3n) is 3.75. The van der Waals surface area contributed by atoms with Gasteiger partial charge in [-0.3, -0.25) is 9.69 Å². The number of nitrogens with one attached hydrogen (secondary N) is 1. The first-order valence-corrected chi connectivity index (χ1v) is 7.73. The van der Waals surface area contributed by atoms with E-state index < -0.39 is 0 Å². The summed E-state index contributed by atoms with van der Waals surface area (Å²) >= 11 is 1.50. The van der Waals surface area contributed by atoms with Crippen LogP contribution in [0.4, 0.5) is 0 Å². The van der Waals surface area contributed by atoms with Crippen molar-refractivity contribution in [2.75, 3.05) is 26.2 Å². The molecule has 0 radical (unpaired) electrons. The van der Waals surface area contributed by atoms with Gasteiger partial charge in [0, 0.05) is 32.0 Å². The van der Waals surface area contributed by atoms with E-state index in [2.05, 4.69) is 21.8 Å². The van der Waals surface area contributed by atoms with Crippen molar-refractivity contribution in [1.29, 1.82) is 0 Å². The van der Waals surface area contributed by atoms with E-state index in [0.717, 1.165) is 30.3 Å². The Morgan fingerprint density at radius 1 is 1.55 bits per heavy atom. The van der Waals surface area contributed by atoms with Crippen molar-refractivity contribution in [3.63, 3.8) is 0 Å². The SMILES string of the molecule is CCN1CCN(C(=O)c2cccs2)C[C@@H]1c1ncc[nH]1. The number of carbonyl (C=O) groups excluding carboxylic acids is 1. The van der Waals surface area contributed by atoms with Crippen LogP contribution in [0.3, 0.4) is 0 Å². The standard InChI is InChI=1S/C14H18N4OS/c1-2-17-7-8-18(14(19)12-4-3-9-20-12)10-11(17)13-15-5-6-16-13/h3-6,9,11H,2,7-8,10H2,1H3,(H,15,16)/t11-/m1/s1. The molecule has 3 heterocycles. The number of likely N-dealkylation sites (N-methyl/N-ethyl adjacent to an activating group) is 1. The number of piperazine rings is 1. The van der Waals surface area contributed by atoms with E-state index in [4.69, 9.17) is 0 Å². The van der Waals surface area contributed by atoms with Gasteiger partial charge in [0.1, 0.15) is 5.82 Å². The third kappa shape index (κ3) is 2.48. The number of nitrogens with zero attached hydrogens (tertiary/aromatic N) is 3. The van der Waals surface area contributed by atoms with Gasteiger partial charge < -0.3 is 9.88 Å². The molecule has 0 bridgehead atoms. The maximum Gasteiger partial charge on any atom is 0.264 e. The Morgan fingerprint density at radius 2 is 2.45 bits per heavy atom. The molecule has 0 saturated carbocycles. The minimum Gasteiger partial charge on any atom is -0.347 e. The first kappa shape index (κ1) is 13.3. The fourth-order valence-electron chi connectivity index (χ4n) is 2.66. The Hall–Kier alpha value is -1.66. The van der Waals surface area contributed by atoms with Crippen molar-refractivity contribution in [3.05, 3.63) is 40.6 Å². The van der Waals surface area contributed by atoms with Crippen LogP contribution in [-0.2, 0) is 0 Å². The molecule has 20 heavy (non-hydrogen) atoms. The number of hydrogen-bond acceptors (Lipinski definition) is 4. The highest BCUT2D eigenvalue weighted by molar-refractivity contribution is 7.12. The van der Waals surface area contributed by atoms with Crippen molar-refractivity contribution in [2.24, 2.45) is 0 Å². The average Bonchev–Trinajstić information content (AvgIpc) is 3.18. The lowest BCUT2D eigenvalue weighted by Crippen LogP contribution is -2.50. The Kier molecular flexibility index (Phi) is 3.84. The van der Waals surface area contributed by atoms with E-state index in [1.54, 1.807) is 6.20 Å². The van der Waals surface area contributed by atoms with Crippen LogP contribution in [0, 0.1) is 0 Å². The largest absolute Gasteiger partial charge is 0.347 e. The predicted molar refractivity (Wildman–Crippen MR) is 78.8 cm³/mol. The monoisotopic (exact) mass is 290 g/mol. The maximum atomic E-state index is 12.5. The molecule has 5 nitrogen and oxygen atoms in total. The summed E-state index contributed by atoms with van der Waals surface area (Å²) in [5, 5.41) is 1.94. The van der Waals surface area contributed by atoms with Gasteiger partial charge in [-0.15, -0.1) is 11.3 Å². The first-order valence-electron chi connectivity index (χ1n) is 6.85. The Labute approximate surface area is 122 Å². The number of hydrogen-bond donors (Lipinski definition) is 1. The summed E-state index contributed by atoms with van der Waals surface area (Å²) < 4.78 is 0. The summed E-state index contributed by atoms with van der Waals surface area (Å²) in [6.07, 6.45) is 3.60. The fraction of sp³-hybridized carbons (Fsp3) is 0.429. The lowest BCUT2D eigenvalue weighted by atomic mass is 10.1. The number of aromatic amines is 1. The second kappa shape index (κ2) is 5.76. The van der Waals surface area contributed by atoms with E-state index in [1.807, 2.05) is 28.6 Å². The molecule has 3 rings (SSSR count). The molecule has 106 valence electrons. The van der Waals surface area contributed by atoms with E-state index in [1.165, 1.54) is 11.3 Å². The zero-order valence-electron chi connectivity index (χ0n) is 11.5. The van der Waals surface area contributed by atoms with Gasteiger partial charge in [-0.2, -0.15) is 0 Å². The van der Waals surface area contributed by atoms with Crippen LogP contribution in [0.2, 0.25) is 0 Å². The molecule has 1 amide bonds. The van der Waals surface area contributed by atoms with Crippen molar-refractivity contribution in [1.82, 2.24) is 19.8 Å². The Morgan fingerprint density at radius 3 is 3.10 bits per heavy atom. The summed E-state index contributed by atoms with van der Waals surface area (Å²) in [7, 11) is 0. The van der Waals surface area contributed by atoms with Crippen LogP contribution in [-0.4, -0.2) is 51.9 Å². The number of aromatic nitrogens is 2. The van der Waals surface area contributed by atoms with Crippen LogP contribution < -0.4 is 0 Å². The minimum absolute atomic E-state index is 0.132. The fourth-order valence-corrected chi connectivity index (χ4v) is 3.35. The highest BCUT2D eigenvalue weighted by Crippen LogP contribution is 2.24. The van der Waals surface area contributed by atoms with Crippen LogP contribution in [0.25, 0.3) is 0 Å². The molecule has 0 unspecified atom stereocenters. The molecule has 1 N–H and O–H groups in total. The minimum atomic E-state index is 0.132. The van der Waals surface area contributed by atoms with E-state index in [0.29, 0.717) is 6.54 Å². The average molecular weight is 290 g/mol. The number of rotatable bonds is 3. The molecule has 1 aliphatic rings. The number of H-pyrrole nitrogens is 1. The lowest BCUT2D eigenvalue weighted by molar-refractivity contribution is 0.0484. The molecule has 1 atom stereocenters. The normalized spacial score (nSPS) is 20.2. The zero-order valence-corrected chi connectivity index (χ0v) is 12.3. The third-order valence-corrected chi connectivity index (χ3v) is 4.61. The van der Waals surface area contributed by atoms with Crippen LogP contribution in [0.1, 0.15) is 28.5 Å². The van der Waals surface area contributed by atoms with Crippen LogP contribution in [0.15, 0.2) is 29.9 Å². The summed E-state index contributed by atoms with van der Waals surface area (Å²) in [5.74, 6) is 1.07. The lowest BCUT2D eigenvalue weighted by Gasteiger charge is -2.39. The van der Waals surface area contributed by atoms with Crippen molar-refractivity contribution in [3.8, 4) is 0 Å². The van der Waals surface area contributed by atoms with E-state index in [9.17, 15) is 4.79 Å². The highest BCUT2D eigenvalue weighted by Gasteiger charge is 2.31. The highest BCUT2D eigenvalue weighted by atomic mass is 32.1. The molecule has 0 spiro atoms. The summed E-state index contributed by atoms with van der Waals surface area (Å²) in [6.45, 7) is 5.47. The molecule has 1 saturated heterocycles. The molecule has 2 aromatic heterocycles. The number of carbonyl (C=O) groups is 1. The summed E-state index contributed by atoms with van der Waals surface area (Å²) in [6, 6.07) is 3.97. The first-order chi connectivity index (χ1) is 9.79. The van der Waals surface area contributed by atoms with Gasteiger partial charge in [0.15, 0.2) is 0 Å². The van der Waals surface area contributed by atoms with Gasteiger partial charge >= 0.3 is 0 Å². The van der Waals surface area contributed by atoms with E-state index >= 15 is 0 Å². The molecule has 1 aliphatic heterocycles. The Bertz CT molecular complexity index is 552. The zero-order chi connectivity index (χ0) is 13.9. The predicted octanol–water partition coefficient (Wildman–Crippen LogP) is 1.99. The second-order valence-corrected chi connectivity index (χ2v) is 5.79. The van der Waals surface area contributed by atoms with Crippen molar-refractivity contribution < 1.29 is 4.79 Å². The number of imidazole rings is 1. The summed E-state index contributed by atoms with van der Waals surface area (Å²) in [4.78, 5) is 25.1. The Balaban J connectivity index is 1.78. The second-order valence-electron chi connectivity index (χ2n) is 4.85. The maximum absolute atomic E-state index is 12.5. The van der Waals surface area contributed by atoms with Gasteiger partial charge in [0.05, 0.1) is 10.9 Å². The molecule has 1 fully saturated rings. The molecule has 6 heteroatoms. The number of thiophene rings is 1. The quantitative estimate of drug-likeness (QED) is 0.940. The summed E-state index contributed by atoms with van der Waals surface area (Å²) in [5.41, 5.74) is 0. The molecule has 2 aromatic rings. The topological polar surface area (TPSA) is 52.2 Å². The van der Waals surface area contributed by atoms with Gasteiger partial charge in [0.25, 0.3) is 5.91 Å². The van der Waals surface area contributed by atoms with Crippen molar-refractivity contribution >= 4 is 17.2 Å².